The van der Waals surface area contributed by atoms with Crippen LogP contribution in [0.4, 0.5) is 5.69 Å². The van der Waals surface area contributed by atoms with Gasteiger partial charge in [-0.25, -0.2) is 0 Å². The minimum atomic E-state index is 0.817. The zero-order chi connectivity index (χ0) is 13.5. The summed E-state index contributed by atoms with van der Waals surface area (Å²) in [6, 6.07) is 22.8. The number of nitrogens with two attached hydrogens (primary N) is 1. The molecular weight excluding hydrogens is 244 g/mol. The Kier molecular flexibility index (Phi) is 2.30. The van der Waals surface area contributed by atoms with E-state index in [-0.39, 0.29) is 0 Å². The lowest BCUT2D eigenvalue weighted by molar-refractivity contribution is 1.46. The molecule has 0 aliphatic carbocycles. The maximum Gasteiger partial charge on any atom is 0.0698 e. The van der Waals surface area contributed by atoms with Crippen LogP contribution in [0, 0.1) is 0 Å². The molecule has 2 heteroatoms. The molecule has 0 saturated heterocycles. The lowest BCUT2D eigenvalue weighted by atomic mass is 10.1. The number of aromatic amines is 1. The Bertz CT molecular complexity index is 905. The molecule has 0 radical (unpaired) electrons. The van der Waals surface area contributed by atoms with Crippen molar-refractivity contribution in [1.82, 2.24) is 4.98 Å². The summed E-state index contributed by atoms with van der Waals surface area (Å²) >= 11 is 0. The van der Waals surface area contributed by atoms with Crippen LogP contribution in [0.3, 0.4) is 0 Å². The summed E-state index contributed by atoms with van der Waals surface area (Å²) in [6.45, 7) is 0. The number of benzene rings is 3. The van der Waals surface area contributed by atoms with Crippen LogP contribution < -0.4 is 5.73 Å². The minimum Gasteiger partial charge on any atom is -0.396 e. The van der Waals surface area contributed by atoms with Gasteiger partial charge in [-0.1, -0.05) is 66.7 Å². The molecule has 20 heavy (non-hydrogen) atoms. The Balaban J connectivity index is 2.10. The van der Waals surface area contributed by atoms with Gasteiger partial charge in [0, 0.05) is 16.3 Å². The van der Waals surface area contributed by atoms with Gasteiger partial charge in [0.15, 0.2) is 0 Å². The topological polar surface area (TPSA) is 41.8 Å². The second-order valence-corrected chi connectivity index (χ2v) is 4.99. The SMILES string of the molecule is Nc1c(-c2ccccc2)[nH]c2c1ccc1ccccc12. The second kappa shape index (κ2) is 4.14. The number of nitrogen functional groups attached to an aromatic ring is 1. The van der Waals surface area contributed by atoms with Crippen molar-refractivity contribution in [2.24, 2.45) is 0 Å². The van der Waals surface area contributed by atoms with Crippen molar-refractivity contribution in [3.05, 3.63) is 66.7 Å². The predicted octanol–water partition coefficient (Wildman–Crippen LogP) is 4.57. The molecule has 0 spiro atoms. The van der Waals surface area contributed by atoms with Gasteiger partial charge in [-0.05, 0) is 5.39 Å². The lowest BCUT2D eigenvalue weighted by Gasteiger charge is -1.99. The molecule has 0 amide bonds. The Morgan fingerprint density at radius 2 is 1.45 bits per heavy atom. The van der Waals surface area contributed by atoms with E-state index in [0.717, 1.165) is 27.8 Å². The van der Waals surface area contributed by atoms with Gasteiger partial charge in [0.05, 0.1) is 16.9 Å². The third-order valence-electron chi connectivity index (χ3n) is 3.80. The molecule has 0 aliphatic heterocycles. The first kappa shape index (κ1) is 11.1. The number of hydrogen-bond acceptors (Lipinski definition) is 1. The monoisotopic (exact) mass is 258 g/mol. The Labute approximate surface area is 116 Å². The number of anilines is 1. The Morgan fingerprint density at radius 3 is 2.30 bits per heavy atom. The van der Waals surface area contributed by atoms with E-state index in [9.17, 15) is 0 Å². The maximum atomic E-state index is 6.33. The van der Waals surface area contributed by atoms with E-state index in [2.05, 4.69) is 53.5 Å². The smallest absolute Gasteiger partial charge is 0.0698 e. The number of H-pyrrole nitrogens is 1. The minimum absolute atomic E-state index is 0.817. The van der Waals surface area contributed by atoms with Gasteiger partial charge >= 0.3 is 0 Å². The second-order valence-electron chi connectivity index (χ2n) is 4.99. The molecule has 0 saturated carbocycles. The summed E-state index contributed by atoms with van der Waals surface area (Å²) in [6.07, 6.45) is 0. The molecule has 3 N–H and O–H groups in total. The average molecular weight is 258 g/mol. The van der Waals surface area contributed by atoms with Crippen molar-refractivity contribution in [1.29, 1.82) is 0 Å². The van der Waals surface area contributed by atoms with Crippen molar-refractivity contribution in [2.75, 3.05) is 5.73 Å². The van der Waals surface area contributed by atoms with Gasteiger partial charge in [0.1, 0.15) is 0 Å². The fourth-order valence-electron chi connectivity index (χ4n) is 2.79. The van der Waals surface area contributed by atoms with Crippen LogP contribution in [0.1, 0.15) is 0 Å². The summed E-state index contributed by atoms with van der Waals surface area (Å²) in [4.78, 5) is 3.50. The quantitative estimate of drug-likeness (QED) is 0.516. The van der Waals surface area contributed by atoms with Crippen molar-refractivity contribution in [2.45, 2.75) is 0 Å². The normalized spacial score (nSPS) is 11.2. The van der Waals surface area contributed by atoms with Crippen LogP contribution in [0.2, 0.25) is 0 Å². The van der Waals surface area contributed by atoms with Crippen LogP contribution in [0.25, 0.3) is 32.9 Å². The highest BCUT2D eigenvalue weighted by molar-refractivity contribution is 6.12. The van der Waals surface area contributed by atoms with Gasteiger partial charge in [0.2, 0.25) is 0 Å². The molecule has 1 aromatic heterocycles. The lowest BCUT2D eigenvalue weighted by Crippen LogP contribution is -1.86. The summed E-state index contributed by atoms with van der Waals surface area (Å²) in [5.74, 6) is 0. The first-order valence-electron chi connectivity index (χ1n) is 6.69. The highest BCUT2D eigenvalue weighted by atomic mass is 14.8. The zero-order valence-corrected chi connectivity index (χ0v) is 10.9. The summed E-state index contributed by atoms with van der Waals surface area (Å²) in [7, 11) is 0. The highest BCUT2D eigenvalue weighted by Crippen LogP contribution is 2.35. The Morgan fingerprint density at radius 1 is 0.700 bits per heavy atom. The number of nitrogens with one attached hydrogen (secondary N) is 1. The standard InChI is InChI=1S/C18H14N2/c19-16-15-11-10-12-6-4-5-9-14(12)18(15)20-17(16)13-7-2-1-3-8-13/h1-11,20H,19H2. The van der Waals surface area contributed by atoms with Gasteiger partial charge in [-0.3, -0.25) is 0 Å². The van der Waals surface area contributed by atoms with E-state index in [1.54, 1.807) is 0 Å². The van der Waals surface area contributed by atoms with Crippen molar-refractivity contribution in [3.8, 4) is 11.3 Å². The van der Waals surface area contributed by atoms with Gasteiger partial charge in [-0.15, -0.1) is 0 Å². The van der Waals surface area contributed by atoms with Crippen LogP contribution in [0.15, 0.2) is 66.7 Å². The van der Waals surface area contributed by atoms with E-state index in [1.165, 1.54) is 10.8 Å². The molecular formula is C18H14N2. The maximum absolute atomic E-state index is 6.33. The molecule has 3 aromatic carbocycles. The number of aromatic nitrogens is 1. The van der Waals surface area contributed by atoms with E-state index in [0.29, 0.717) is 0 Å². The molecule has 0 unspecified atom stereocenters. The molecule has 0 aliphatic rings. The van der Waals surface area contributed by atoms with Gasteiger partial charge in [0.25, 0.3) is 0 Å². The summed E-state index contributed by atoms with van der Waals surface area (Å²) < 4.78 is 0. The molecule has 4 rings (SSSR count). The van der Waals surface area contributed by atoms with Crippen LogP contribution in [-0.4, -0.2) is 4.98 Å². The molecule has 2 nitrogen and oxygen atoms in total. The third kappa shape index (κ3) is 1.51. The van der Waals surface area contributed by atoms with E-state index >= 15 is 0 Å². The van der Waals surface area contributed by atoms with E-state index < -0.39 is 0 Å². The molecule has 0 bridgehead atoms. The van der Waals surface area contributed by atoms with Gasteiger partial charge < -0.3 is 10.7 Å². The zero-order valence-electron chi connectivity index (χ0n) is 10.9. The molecule has 0 fully saturated rings. The first-order chi connectivity index (χ1) is 9.84. The Hall–Kier alpha value is -2.74. The van der Waals surface area contributed by atoms with Crippen LogP contribution in [0.5, 0.6) is 0 Å². The summed E-state index contributed by atoms with van der Waals surface area (Å²) in [5, 5.41) is 3.52. The predicted molar refractivity (Wildman–Crippen MR) is 85.7 cm³/mol. The van der Waals surface area contributed by atoms with E-state index in [1.807, 2.05) is 18.2 Å². The number of rotatable bonds is 1. The largest absolute Gasteiger partial charge is 0.396 e. The van der Waals surface area contributed by atoms with Crippen LogP contribution in [-0.2, 0) is 0 Å². The first-order valence-corrected chi connectivity index (χ1v) is 6.69. The summed E-state index contributed by atoms with van der Waals surface area (Å²) in [5.41, 5.74) is 10.4. The molecule has 0 atom stereocenters. The highest BCUT2D eigenvalue weighted by Gasteiger charge is 2.11. The third-order valence-corrected chi connectivity index (χ3v) is 3.80. The number of fused-ring (bicyclic) bond motifs is 3. The van der Waals surface area contributed by atoms with Crippen LogP contribution >= 0.6 is 0 Å². The molecule has 96 valence electrons. The van der Waals surface area contributed by atoms with Crippen molar-refractivity contribution >= 4 is 27.4 Å². The fourth-order valence-corrected chi connectivity index (χ4v) is 2.79. The molecule has 4 aromatic rings. The average Bonchev–Trinajstić information content (AvgIpc) is 2.86. The van der Waals surface area contributed by atoms with E-state index in [4.69, 9.17) is 5.73 Å². The number of hydrogen-bond donors (Lipinski definition) is 2. The fraction of sp³-hybridized carbons (Fsp3) is 0. The van der Waals surface area contributed by atoms with Crippen molar-refractivity contribution < 1.29 is 0 Å². The van der Waals surface area contributed by atoms with Crippen molar-refractivity contribution in [3.63, 3.8) is 0 Å². The molecule has 1 heterocycles. The van der Waals surface area contributed by atoms with Gasteiger partial charge in [-0.2, -0.15) is 0 Å².